The number of carbonyl (C=O) groups is 8. The number of aliphatic carboxylic acids is 1. The second-order valence-corrected chi connectivity index (χ2v) is 19.7. The van der Waals surface area contributed by atoms with Crippen LogP contribution in [0.1, 0.15) is 103 Å². The van der Waals surface area contributed by atoms with Crippen molar-refractivity contribution in [1.82, 2.24) is 56.7 Å². The molecule has 3 heterocycles. The molecule has 23 N–H and O–H groups in total. The predicted molar refractivity (Wildman–Crippen MR) is 285 cm³/mol. The maximum atomic E-state index is 14.7. The van der Waals surface area contributed by atoms with Gasteiger partial charge >= 0.3 is 5.97 Å². The summed E-state index contributed by atoms with van der Waals surface area (Å²) < 4.78 is 0. The largest absolute Gasteiger partial charge is 0.480 e. The van der Waals surface area contributed by atoms with Crippen molar-refractivity contribution in [2.24, 2.45) is 66.9 Å². The van der Waals surface area contributed by atoms with Gasteiger partial charge in [-0.2, -0.15) is 0 Å². The van der Waals surface area contributed by atoms with Crippen LogP contribution in [0.2, 0.25) is 0 Å². The molecule has 7 amide bonds. The van der Waals surface area contributed by atoms with E-state index in [-0.39, 0.29) is 127 Å². The molecule has 2 aromatic rings. The van der Waals surface area contributed by atoms with Crippen LogP contribution in [0.3, 0.4) is 0 Å². The van der Waals surface area contributed by atoms with E-state index in [1.54, 1.807) is 0 Å². The lowest BCUT2D eigenvalue weighted by Crippen LogP contribution is -2.60. The van der Waals surface area contributed by atoms with Crippen molar-refractivity contribution >= 4 is 65.2 Å². The SMILES string of the molecule is CC(C)C[C@H](NC(=O)[C@H](Cc1cnc[nH]1)NC(=O)[C@@H](N)Cc1cnc[nH]1)C(=O)N[C@@H](CC(C)C)C(=O)N[C@@H](CCCN=C(N)N)C(=O)N1CCC[C@H]1C(=O)N[C@@H](CCCN=C(N)N)C(=O)N[C@@H](CCCN=C(N)N)C(=O)O. The van der Waals surface area contributed by atoms with E-state index in [0.717, 1.165) is 0 Å². The molecule has 30 nitrogen and oxygen atoms in total. The fraction of sp³-hybridized carbons (Fsp3) is 0.638. The maximum Gasteiger partial charge on any atom is 0.326 e. The van der Waals surface area contributed by atoms with Gasteiger partial charge in [-0.15, -0.1) is 0 Å². The van der Waals surface area contributed by atoms with Crippen LogP contribution in [0.25, 0.3) is 0 Å². The Kier molecular flexibility index (Phi) is 26.6. The number of imidazole rings is 2. The van der Waals surface area contributed by atoms with E-state index in [1.807, 2.05) is 27.7 Å². The van der Waals surface area contributed by atoms with E-state index in [1.165, 1.54) is 29.9 Å². The van der Waals surface area contributed by atoms with E-state index >= 15 is 0 Å². The van der Waals surface area contributed by atoms with Crippen LogP contribution in [-0.4, -0.2) is 170 Å². The molecule has 1 saturated heterocycles. The van der Waals surface area contributed by atoms with E-state index in [2.05, 4.69) is 66.8 Å². The molecule has 0 spiro atoms. The lowest BCUT2D eigenvalue weighted by molar-refractivity contribution is -0.144. The van der Waals surface area contributed by atoms with E-state index in [4.69, 9.17) is 40.1 Å². The first kappa shape index (κ1) is 63.2. The zero-order valence-corrected chi connectivity index (χ0v) is 44.3. The molecule has 0 radical (unpaired) electrons. The topological polar surface area (TPSA) is 509 Å². The summed E-state index contributed by atoms with van der Waals surface area (Å²) in [7, 11) is 0. The van der Waals surface area contributed by atoms with Crippen LogP contribution < -0.4 is 72.0 Å². The van der Waals surface area contributed by atoms with Gasteiger partial charge in [0.05, 0.1) is 18.7 Å². The molecule has 1 aliphatic rings. The van der Waals surface area contributed by atoms with Crippen molar-refractivity contribution in [2.45, 2.75) is 153 Å². The van der Waals surface area contributed by atoms with E-state index in [0.29, 0.717) is 17.8 Å². The van der Waals surface area contributed by atoms with Gasteiger partial charge in [0.25, 0.3) is 0 Å². The Morgan fingerprint density at radius 2 is 1.01 bits per heavy atom. The lowest BCUT2D eigenvalue weighted by Gasteiger charge is -2.31. The summed E-state index contributed by atoms with van der Waals surface area (Å²) in [5, 5.41) is 26.1. The Hall–Kier alpha value is -8.05. The van der Waals surface area contributed by atoms with Gasteiger partial charge in [-0.05, 0) is 76.0 Å². The molecule has 77 heavy (non-hydrogen) atoms. The molecule has 0 saturated carbocycles. The minimum Gasteiger partial charge on any atom is -0.480 e. The first-order chi connectivity index (χ1) is 36.4. The predicted octanol–water partition coefficient (Wildman–Crippen LogP) is -4.52. The molecule has 30 heteroatoms. The monoisotopic (exact) mass is 1080 g/mol. The Balaban J connectivity index is 1.87. The Morgan fingerprint density at radius 1 is 0.597 bits per heavy atom. The van der Waals surface area contributed by atoms with Crippen LogP contribution >= 0.6 is 0 Å². The Labute approximate surface area is 447 Å². The molecule has 3 rings (SSSR count). The highest BCUT2D eigenvalue weighted by Crippen LogP contribution is 2.21. The molecule has 0 aliphatic carbocycles. The number of H-pyrrole nitrogens is 2. The number of nitrogens with one attached hydrogen (secondary N) is 8. The third-order valence-electron chi connectivity index (χ3n) is 12.2. The number of guanidine groups is 3. The van der Waals surface area contributed by atoms with Crippen molar-refractivity contribution < 1.29 is 43.5 Å². The highest BCUT2D eigenvalue weighted by Gasteiger charge is 2.40. The van der Waals surface area contributed by atoms with Gasteiger partial charge in [-0.1, -0.05) is 27.7 Å². The zero-order valence-electron chi connectivity index (χ0n) is 44.3. The highest BCUT2D eigenvalue weighted by molar-refractivity contribution is 5.98. The number of aliphatic imine (C=N–C) groups is 3. The molecule has 428 valence electrons. The summed E-state index contributed by atoms with van der Waals surface area (Å²) in [6.07, 6.45) is 7.25. The van der Waals surface area contributed by atoms with Gasteiger partial charge in [-0.25, -0.2) is 14.8 Å². The number of hydrogen-bond donors (Lipinski definition) is 16. The molecular weight excluding hydrogens is 1000 g/mol. The summed E-state index contributed by atoms with van der Waals surface area (Å²) in [5.74, 6) is -7.18. The summed E-state index contributed by atoms with van der Waals surface area (Å²) >= 11 is 0. The average Bonchev–Trinajstić information content (AvgIpc) is 4.18. The second kappa shape index (κ2) is 32.4. The van der Waals surface area contributed by atoms with Crippen LogP contribution in [0.4, 0.5) is 0 Å². The summed E-state index contributed by atoms with van der Waals surface area (Å²) in [6, 6.07) is -9.75. The van der Waals surface area contributed by atoms with E-state index in [9.17, 15) is 43.5 Å². The van der Waals surface area contributed by atoms with Crippen molar-refractivity contribution in [3.63, 3.8) is 0 Å². The number of rotatable bonds is 34. The van der Waals surface area contributed by atoms with Gasteiger partial charge in [0.2, 0.25) is 41.4 Å². The number of amides is 7. The normalized spacial score (nSPS) is 15.8. The van der Waals surface area contributed by atoms with Gasteiger partial charge in [0.1, 0.15) is 42.3 Å². The van der Waals surface area contributed by atoms with Crippen molar-refractivity contribution in [3.05, 3.63) is 36.4 Å². The molecule has 2 aromatic heterocycles. The molecule has 1 fully saturated rings. The molecule has 0 unspecified atom stereocenters. The summed E-state index contributed by atoms with van der Waals surface area (Å²) in [6.45, 7) is 7.70. The van der Waals surface area contributed by atoms with Crippen molar-refractivity contribution in [1.29, 1.82) is 0 Å². The Morgan fingerprint density at radius 3 is 1.47 bits per heavy atom. The molecule has 8 atom stereocenters. The summed E-state index contributed by atoms with van der Waals surface area (Å²) in [4.78, 5) is 138. The summed E-state index contributed by atoms with van der Waals surface area (Å²) in [5.41, 5.74) is 40.1. The lowest BCUT2D eigenvalue weighted by atomic mass is 9.99. The standard InChI is InChI=1S/C47H81N21O9/c1-25(2)17-33(66-40(72)34(18-26(3)4)67-41(73)35(20-28-22-56-24-61-28)65-37(69)29(48)19-27-21-55-23-60-27)39(71)63-31(10-6-14-58-46(51)52)43(75)68-16-8-12-36(68)42(74)62-30(9-5-13-57-45(49)50)38(70)64-32(44(76)77)11-7-15-59-47(53)54/h21-26,29-36H,5-20,48H2,1-4H3,(H,55,60)(H,56,61)(H,62,74)(H,63,71)(H,64,70)(H,65,69)(H,66,72)(H,67,73)(H,76,77)(H4,49,50,57)(H4,51,52,58)(H4,53,54,59)/t29-,30-,31-,32-,33-,34-,35-,36-/m0/s1. The number of aromatic amines is 2. The first-order valence-electron chi connectivity index (χ1n) is 25.7. The van der Waals surface area contributed by atoms with Crippen LogP contribution in [-0.2, 0) is 51.2 Å². The number of likely N-dealkylation sites (tertiary alicyclic amines) is 1. The fourth-order valence-electron chi connectivity index (χ4n) is 8.39. The number of carbonyl (C=O) groups excluding carboxylic acids is 7. The van der Waals surface area contributed by atoms with E-state index < -0.39 is 95.7 Å². The highest BCUT2D eigenvalue weighted by atomic mass is 16.4. The van der Waals surface area contributed by atoms with Crippen molar-refractivity contribution in [2.75, 3.05) is 26.2 Å². The third kappa shape index (κ3) is 23.2. The molecule has 0 aromatic carbocycles. The van der Waals surface area contributed by atoms with Crippen LogP contribution in [0.15, 0.2) is 40.0 Å². The van der Waals surface area contributed by atoms with Gasteiger partial charge in [0.15, 0.2) is 17.9 Å². The zero-order chi connectivity index (χ0) is 57.2. The quantitative estimate of drug-likeness (QED) is 0.0178. The first-order valence-corrected chi connectivity index (χ1v) is 25.7. The van der Waals surface area contributed by atoms with Crippen LogP contribution in [0, 0.1) is 11.8 Å². The van der Waals surface area contributed by atoms with Gasteiger partial charge < -0.3 is 92.0 Å². The van der Waals surface area contributed by atoms with Gasteiger partial charge in [-0.3, -0.25) is 48.5 Å². The van der Waals surface area contributed by atoms with Crippen LogP contribution in [0.5, 0.6) is 0 Å². The maximum absolute atomic E-state index is 14.7. The number of aromatic nitrogens is 4. The average molecular weight is 1080 g/mol. The molecular formula is C47H81N21O9. The fourth-order valence-corrected chi connectivity index (χ4v) is 8.39. The number of carboxylic acid groups (broad SMARTS) is 1. The number of nitrogens with zero attached hydrogens (tertiary/aromatic N) is 6. The minimum absolute atomic E-state index is 0.00879. The van der Waals surface area contributed by atoms with Gasteiger partial charge in [0, 0.05) is 62.8 Å². The minimum atomic E-state index is -1.36. The Bertz CT molecular complexity index is 2310. The third-order valence-corrected chi connectivity index (χ3v) is 12.2. The number of nitrogens with two attached hydrogens (primary N) is 7. The molecule has 0 bridgehead atoms. The molecule has 1 aliphatic heterocycles. The number of hydrogen-bond acceptors (Lipinski definition) is 14. The number of carboxylic acids is 1. The van der Waals surface area contributed by atoms with Crippen molar-refractivity contribution in [3.8, 4) is 0 Å². The second-order valence-electron chi connectivity index (χ2n) is 19.7. The smallest absolute Gasteiger partial charge is 0.326 e.